The van der Waals surface area contributed by atoms with E-state index in [0.29, 0.717) is 33.5 Å². The first-order chi connectivity index (χ1) is 13.4. The van der Waals surface area contributed by atoms with Gasteiger partial charge in [0.25, 0.3) is 0 Å². The number of hydrogen-bond acceptors (Lipinski definition) is 6. The molecule has 7 heteroatoms. The number of rotatable bonds is 8. The van der Waals surface area contributed by atoms with Crippen LogP contribution in [0.5, 0.6) is 0 Å². The van der Waals surface area contributed by atoms with Gasteiger partial charge in [0, 0.05) is 17.9 Å². The second kappa shape index (κ2) is 10.5. The fourth-order valence-corrected chi connectivity index (χ4v) is 3.47. The van der Waals surface area contributed by atoms with E-state index < -0.39 is 5.97 Å². The van der Waals surface area contributed by atoms with Crippen LogP contribution in [0.3, 0.4) is 0 Å². The molecule has 1 N–H and O–H groups in total. The van der Waals surface area contributed by atoms with Gasteiger partial charge in [0.2, 0.25) is 5.91 Å². The SMILES string of the molecule is COC(=O)c1ccccc1NC(=O)CCSc1nc(CC(C)C)ccc1C#N. The first kappa shape index (κ1) is 21.5. The molecule has 0 unspecified atom stereocenters. The molecule has 0 saturated carbocycles. The van der Waals surface area contributed by atoms with Gasteiger partial charge in [0.1, 0.15) is 11.1 Å². The van der Waals surface area contributed by atoms with E-state index in [1.807, 2.05) is 6.07 Å². The molecule has 0 atom stereocenters. The third-order valence-corrected chi connectivity index (χ3v) is 4.82. The number of anilines is 1. The second-order valence-electron chi connectivity index (χ2n) is 6.55. The molecule has 6 nitrogen and oxygen atoms in total. The number of amides is 1. The van der Waals surface area contributed by atoms with E-state index in [4.69, 9.17) is 4.74 Å². The van der Waals surface area contributed by atoms with Crippen molar-refractivity contribution in [3.05, 3.63) is 53.2 Å². The van der Waals surface area contributed by atoms with Crippen molar-refractivity contribution in [3.63, 3.8) is 0 Å². The molecule has 1 aromatic carbocycles. The Labute approximate surface area is 169 Å². The maximum absolute atomic E-state index is 12.3. The minimum Gasteiger partial charge on any atom is -0.465 e. The van der Waals surface area contributed by atoms with Crippen molar-refractivity contribution >= 4 is 29.3 Å². The van der Waals surface area contributed by atoms with Crippen molar-refractivity contribution in [2.45, 2.75) is 31.7 Å². The van der Waals surface area contributed by atoms with E-state index in [9.17, 15) is 14.9 Å². The Morgan fingerprint density at radius 3 is 2.68 bits per heavy atom. The number of nitrogens with one attached hydrogen (secondary N) is 1. The first-order valence-electron chi connectivity index (χ1n) is 8.94. The number of hydrogen-bond donors (Lipinski definition) is 1. The van der Waals surface area contributed by atoms with Gasteiger partial charge in [-0.1, -0.05) is 26.0 Å². The standard InChI is InChI=1S/C21H23N3O3S/c1-14(2)12-16-9-8-15(13-22)20(23-16)28-11-10-19(25)24-18-7-5-4-6-17(18)21(26)27-3/h4-9,14H,10-12H2,1-3H3,(H,24,25). The number of aromatic nitrogens is 1. The number of carbonyl (C=O) groups is 2. The minimum atomic E-state index is -0.505. The molecular formula is C21H23N3O3S. The fraction of sp³-hybridized carbons (Fsp3) is 0.333. The van der Waals surface area contributed by atoms with Crippen LogP contribution < -0.4 is 5.32 Å². The van der Waals surface area contributed by atoms with Crippen LogP contribution in [0.2, 0.25) is 0 Å². The van der Waals surface area contributed by atoms with Gasteiger partial charge in [-0.25, -0.2) is 9.78 Å². The van der Waals surface area contributed by atoms with Gasteiger partial charge in [-0.05, 0) is 36.6 Å². The topological polar surface area (TPSA) is 92.1 Å². The lowest BCUT2D eigenvalue weighted by molar-refractivity contribution is -0.115. The molecule has 0 saturated heterocycles. The number of thioether (sulfide) groups is 1. The molecule has 146 valence electrons. The van der Waals surface area contributed by atoms with Crippen molar-refractivity contribution in [2.24, 2.45) is 5.92 Å². The van der Waals surface area contributed by atoms with Gasteiger partial charge >= 0.3 is 5.97 Å². The summed E-state index contributed by atoms with van der Waals surface area (Å²) in [5.41, 5.74) is 2.17. The van der Waals surface area contributed by atoms with Crippen molar-refractivity contribution in [1.29, 1.82) is 5.26 Å². The third kappa shape index (κ3) is 6.10. The predicted octanol–water partition coefficient (Wildman–Crippen LogP) is 4.06. The van der Waals surface area contributed by atoms with Crippen LogP contribution in [0.1, 0.15) is 41.9 Å². The van der Waals surface area contributed by atoms with Crippen LogP contribution in [0.4, 0.5) is 5.69 Å². The quantitative estimate of drug-likeness (QED) is 0.533. The number of carbonyl (C=O) groups excluding carboxylic acids is 2. The Morgan fingerprint density at radius 1 is 1.25 bits per heavy atom. The van der Waals surface area contributed by atoms with Crippen molar-refractivity contribution in [1.82, 2.24) is 4.98 Å². The average Bonchev–Trinajstić information content (AvgIpc) is 2.67. The van der Waals surface area contributed by atoms with E-state index in [0.717, 1.165) is 12.1 Å². The molecule has 0 aliphatic rings. The number of para-hydroxylation sites is 1. The highest BCUT2D eigenvalue weighted by molar-refractivity contribution is 7.99. The molecule has 0 spiro atoms. The van der Waals surface area contributed by atoms with Crippen molar-refractivity contribution in [2.75, 3.05) is 18.2 Å². The number of ether oxygens (including phenoxy) is 1. The van der Waals surface area contributed by atoms with Gasteiger partial charge in [-0.3, -0.25) is 4.79 Å². The molecule has 0 bridgehead atoms. The van der Waals surface area contributed by atoms with E-state index in [1.54, 1.807) is 30.3 Å². The third-order valence-electron chi connectivity index (χ3n) is 3.83. The molecule has 2 rings (SSSR count). The molecule has 28 heavy (non-hydrogen) atoms. The van der Waals surface area contributed by atoms with Crippen LogP contribution >= 0.6 is 11.8 Å². The van der Waals surface area contributed by atoms with Crippen LogP contribution in [-0.2, 0) is 16.0 Å². The predicted molar refractivity (Wildman–Crippen MR) is 109 cm³/mol. The fourth-order valence-electron chi connectivity index (χ4n) is 2.54. The average molecular weight is 398 g/mol. The lowest BCUT2D eigenvalue weighted by Gasteiger charge is -2.10. The number of methoxy groups -OCH3 is 1. The summed E-state index contributed by atoms with van der Waals surface area (Å²) in [4.78, 5) is 28.6. The summed E-state index contributed by atoms with van der Waals surface area (Å²) in [5.74, 6) is 0.216. The molecule has 1 heterocycles. The Hall–Kier alpha value is -2.85. The summed E-state index contributed by atoms with van der Waals surface area (Å²) >= 11 is 1.38. The Kier molecular flexibility index (Phi) is 8.02. The highest BCUT2D eigenvalue weighted by Crippen LogP contribution is 2.23. The molecular weight excluding hydrogens is 374 g/mol. The van der Waals surface area contributed by atoms with E-state index in [1.165, 1.54) is 18.9 Å². The van der Waals surface area contributed by atoms with Crippen molar-refractivity contribution in [3.8, 4) is 6.07 Å². The van der Waals surface area contributed by atoms with Gasteiger partial charge in [-0.15, -0.1) is 11.8 Å². The van der Waals surface area contributed by atoms with Crippen LogP contribution in [-0.4, -0.2) is 29.7 Å². The zero-order valence-corrected chi connectivity index (χ0v) is 17.0. The number of pyridine rings is 1. The van der Waals surface area contributed by atoms with Gasteiger partial charge < -0.3 is 10.1 Å². The lowest BCUT2D eigenvalue weighted by atomic mass is 10.1. The Balaban J connectivity index is 1.98. The summed E-state index contributed by atoms with van der Waals surface area (Å²) in [6, 6.07) is 12.5. The number of nitriles is 1. The highest BCUT2D eigenvalue weighted by Gasteiger charge is 2.14. The largest absolute Gasteiger partial charge is 0.465 e. The summed E-state index contributed by atoms with van der Waals surface area (Å²) in [5, 5.41) is 12.7. The van der Waals surface area contributed by atoms with Gasteiger partial charge in [0.15, 0.2) is 0 Å². The van der Waals surface area contributed by atoms with Gasteiger partial charge in [0.05, 0.1) is 23.9 Å². The van der Waals surface area contributed by atoms with E-state index in [-0.39, 0.29) is 12.3 Å². The summed E-state index contributed by atoms with van der Waals surface area (Å²) in [6.45, 7) is 4.23. The Morgan fingerprint density at radius 2 is 2.00 bits per heavy atom. The number of nitrogens with zero attached hydrogens (tertiary/aromatic N) is 2. The molecule has 0 aliphatic heterocycles. The van der Waals surface area contributed by atoms with Crippen LogP contribution in [0.15, 0.2) is 41.4 Å². The molecule has 0 fully saturated rings. The zero-order valence-electron chi connectivity index (χ0n) is 16.2. The monoisotopic (exact) mass is 397 g/mol. The minimum absolute atomic E-state index is 0.222. The number of benzene rings is 1. The number of esters is 1. The highest BCUT2D eigenvalue weighted by atomic mass is 32.2. The van der Waals surface area contributed by atoms with E-state index in [2.05, 4.69) is 30.2 Å². The lowest BCUT2D eigenvalue weighted by Crippen LogP contribution is -2.15. The zero-order chi connectivity index (χ0) is 20.5. The van der Waals surface area contributed by atoms with Crippen LogP contribution in [0.25, 0.3) is 0 Å². The van der Waals surface area contributed by atoms with Gasteiger partial charge in [-0.2, -0.15) is 5.26 Å². The van der Waals surface area contributed by atoms with E-state index >= 15 is 0 Å². The summed E-state index contributed by atoms with van der Waals surface area (Å²) in [6.07, 6.45) is 1.06. The smallest absolute Gasteiger partial charge is 0.339 e. The molecule has 0 aliphatic carbocycles. The molecule has 2 aromatic rings. The first-order valence-corrected chi connectivity index (χ1v) is 9.93. The maximum Gasteiger partial charge on any atom is 0.339 e. The summed E-state index contributed by atoms with van der Waals surface area (Å²) < 4.78 is 4.73. The summed E-state index contributed by atoms with van der Waals surface area (Å²) in [7, 11) is 1.30. The van der Waals surface area contributed by atoms with Crippen LogP contribution in [0, 0.1) is 17.2 Å². The molecule has 0 radical (unpaired) electrons. The van der Waals surface area contributed by atoms with Crippen molar-refractivity contribution < 1.29 is 14.3 Å². The normalized spacial score (nSPS) is 10.4. The Bertz CT molecular complexity index is 891. The maximum atomic E-state index is 12.3. The molecule has 1 aromatic heterocycles. The second-order valence-corrected chi connectivity index (χ2v) is 7.63. The molecule has 1 amide bonds.